The van der Waals surface area contributed by atoms with Crippen LogP contribution in [0.25, 0.3) is 11.1 Å². The summed E-state index contributed by atoms with van der Waals surface area (Å²) in [5.74, 6) is -0.458. The van der Waals surface area contributed by atoms with E-state index in [0.717, 1.165) is 29.5 Å². The van der Waals surface area contributed by atoms with Gasteiger partial charge >= 0.3 is 0 Å². The first-order chi connectivity index (χ1) is 14.5. The van der Waals surface area contributed by atoms with Gasteiger partial charge in [-0.25, -0.2) is 18.7 Å². The topological polar surface area (TPSA) is 72.1 Å². The number of likely N-dealkylation sites (tertiary alicyclic amines) is 1. The minimum absolute atomic E-state index is 0.0177. The summed E-state index contributed by atoms with van der Waals surface area (Å²) < 4.78 is 26.4. The molecule has 1 saturated heterocycles. The van der Waals surface area contributed by atoms with E-state index in [4.69, 9.17) is 5.73 Å². The van der Waals surface area contributed by atoms with Crippen molar-refractivity contribution in [3.8, 4) is 11.1 Å². The minimum atomic E-state index is -0.324. The molecule has 1 aliphatic rings. The first-order valence-corrected chi connectivity index (χ1v) is 9.93. The summed E-state index contributed by atoms with van der Waals surface area (Å²) in [6.07, 6.45) is 4.13. The van der Waals surface area contributed by atoms with Gasteiger partial charge < -0.3 is 10.6 Å². The predicted octanol–water partition coefficient (Wildman–Crippen LogP) is 4.30. The normalized spacial score (nSPS) is 16.1. The molecule has 7 heteroatoms. The first kappa shape index (κ1) is 19.9. The second-order valence-corrected chi connectivity index (χ2v) is 7.41. The van der Waals surface area contributed by atoms with E-state index >= 15 is 0 Å². The van der Waals surface area contributed by atoms with Crippen LogP contribution in [-0.4, -0.2) is 27.3 Å². The van der Waals surface area contributed by atoms with Crippen molar-refractivity contribution < 1.29 is 13.6 Å². The molecule has 0 saturated carbocycles. The Morgan fingerprint density at radius 2 is 1.73 bits per heavy atom. The van der Waals surface area contributed by atoms with Crippen LogP contribution in [0.1, 0.15) is 36.6 Å². The van der Waals surface area contributed by atoms with Gasteiger partial charge in [-0.1, -0.05) is 24.3 Å². The van der Waals surface area contributed by atoms with E-state index in [1.54, 1.807) is 30.5 Å². The molecule has 2 N–H and O–H groups in total. The van der Waals surface area contributed by atoms with E-state index in [-0.39, 0.29) is 29.5 Å². The summed E-state index contributed by atoms with van der Waals surface area (Å²) in [7, 11) is 0. The molecule has 30 heavy (non-hydrogen) atoms. The third-order valence-electron chi connectivity index (χ3n) is 5.42. The number of aryl methyl sites for hydroxylation is 1. The summed E-state index contributed by atoms with van der Waals surface area (Å²) in [4.78, 5) is 23.4. The summed E-state index contributed by atoms with van der Waals surface area (Å²) in [6.45, 7) is 0.639. The number of nitrogen functional groups attached to an aromatic ring is 1. The molecule has 0 aliphatic carbocycles. The standard InChI is InChI=1S/C23H22F2N4O/c24-17-8-3-15(4-9-17)5-12-21(30)29-13-1-2-20(29)22-19(14-27-23(26)28-22)16-6-10-18(25)11-7-16/h3-4,6-11,14,20H,1-2,5,12-13H2,(H2,26,27,28)/t20-/m0/s1. The van der Waals surface area contributed by atoms with Crippen LogP contribution in [0.2, 0.25) is 0 Å². The second-order valence-electron chi connectivity index (χ2n) is 7.41. The second kappa shape index (κ2) is 8.57. The lowest BCUT2D eigenvalue weighted by atomic mass is 9.99. The Morgan fingerprint density at radius 3 is 2.43 bits per heavy atom. The van der Waals surface area contributed by atoms with Crippen LogP contribution in [0.5, 0.6) is 0 Å². The van der Waals surface area contributed by atoms with E-state index < -0.39 is 0 Å². The molecule has 0 unspecified atom stereocenters. The number of anilines is 1. The van der Waals surface area contributed by atoms with Gasteiger partial charge in [0.2, 0.25) is 11.9 Å². The number of amides is 1. The SMILES string of the molecule is Nc1ncc(-c2ccc(F)cc2)c([C@@H]2CCCN2C(=O)CCc2ccc(F)cc2)n1. The van der Waals surface area contributed by atoms with Gasteiger partial charge in [0.1, 0.15) is 11.6 Å². The molecular weight excluding hydrogens is 386 g/mol. The Balaban J connectivity index is 1.57. The van der Waals surface area contributed by atoms with E-state index in [0.29, 0.717) is 25.1 Å². The number of rotatable bonds is 5. The van der Waals surface area contributed by atoms with Crippen molar-refractivity contribution in [3.63, 3.8) is 0 Å². The zero-order chi connectivity index (χ0) is 21.1. The van der Waals surface area contributed by atoms with Crippen molar-refractivity contribution in [2.24, 2.45) is 0 Å². The zero-order valence-electron chi connectivity index (χ0n) is 16.4. The number of nitrogens with zero attached hydrogens (tertiary/aromatic N) is 3. The molecule has 1 aliphatic heterocycles. The van der Waals surface area contributed by atoms with Crippen LogP contribution in [0.15, 0.2) is 54.7 Å². The highest BCUT2D eigenvalue weighted by atomic mass is 19.1. The molecule has 1 aromatic heterocycles. The van der Waals surface area contributed by atoms with Crippen LogP contribution in [0.4, 0.5) is 14.7 Å². The summed E-state index contributed by atoms with van der Waals surface area (Å²) in [5.41, 5.74) is 8.97. The maximum absolute atomic E-state index is 13.4. The number of benzene rings is 2. The fraction of sp³-hybridized carbons (Fsp3) is 0.261. The summed E-state index contributed by atoms with van der Waals surface area (Å²) in [5, 5.41) is 0. The lowest BCUT2D eigenvalue weighted by Crippen LogP contribution is -2.31. The molecule has 154 valence electrons. The summed E-state index contributed by atoms with van der Waals surface area (Å²) >= 11 is 0. The number of carbonyl (C=O) groups excluding carboxylic acids is 1. The number of hydrogen-bond donors (Lipinski definition) is 1. The largest absolute Gasteiger partial charge is 0.368 e. The Kier molecular flexibility index (Phi) is 5.70. The number of halogens is 2. The van der Waals surface area contributed by atoms with E-state index in [9.17, 15) is 13.6 Å². The van der Waals surface area contributed by atoms with Crippen LogP contribution in [0, 0.1) is 11.6 Å². The lowest BCUT2D eigenvalue weighted by molar-refractivity contribution is -0.132. The smallest absolute Gasteiger partial charge is 0.223 e. The van der Waals surface area contributed by atoms with Crippen molar-refractivity contribution in [2.45, 2.75) is 31.7 Å². The van der Waals surface area contributed by atoms with Gasteiger partial charge in [0.25, 0.3) is 0 Å². The minimum Gasteiger partial charge on any atom is -0.368 e. The van der Waals surface area contributed by atoms with E-state index in [1.165, 1.54) is 24.3 Å². The van der Waals surface area contributed by atoms with Crippen molar-refractivity contribution >= 4 is 11.9 Å². The Labute approximate surface area is 173 Å². The third-order valence-corrected chi connectivity index (χ3v) is 5.42. The van der Waals surface area contributed by atoms with Crippen molar-refractivity contribution in [3.05, 3.63) is 77.6 Å². The fourth-order valence-electron chi connectivity index (χ4n) is 3.91. The third kappa shape index (κ3) is 4.30. The monoisotopic (exact) mass is 408 g/mol. The maximum Gasteiger partial charge on any atom is 0.223 e. The fourth-order valence-corrected chi connectivity index (χ4v) is 3.91. The molecule has 1 fully saturated rings. The molecule has 0 spiro atoms. The average molecular weight is 408 g/mol. The number of carbonyl (C=O) groups is 1. The van der Waals surface area contributed by atoms with Gasteiger partial charge in [-0.05, 0) is 54.7 Å². The number of aromatic nitrogens is 2. The first-order valence-electron chi connectivity index (χ1n) is 9.93. The molecule has 5 nitrogen and oxygen atoms in total. The Bertz CT molecular complexity index is 1040. The molecule has 0 radical (unpaired) electrons. The molecule has 1 amide bonds. The lowest BCUT2D eigenvalue weighted by Gasteiger charge is -2.26. The summed E-state index contributed by atoms with van der Waals surface area (Å²) in [6, 6.07) is 12.1. The quantitative estimate of drug-likeness (QED) is 0.683. The molecular formula is C23H22F2N4O. The molecule has 1 atom stereocenters. The van der Waals surface area contributed by atoms with Gasteiger partial charge in [0.15, 0.2) is 0 Å². The highest BCUT2D eigenvalue weighted by Gasteiger charge is 2.32. The van der Waals surface area contributed by atoms with Crippen molar-refractivity contribution in [2.75, 3.05) is 12.3 Å². The highest BCUT2D eigenvalue weighted by Crippen LogP contribution is 2.37. The molecule has 3 aromatic rings. The van der Waals surface area contributed by atoms with Crippen LogP contribution in [-0.2, 0) is 11.2 Å². The molecule has 0 bridgehead atoms. The van der Waals surface area contributed by atoms with Crippen molar-refractivity contribution in [1.82, 2.24) is 14.9 Å². The number of nitrogens with two attached hydrogens (primary N) is 1. The molecule has 4 rings (SSSR count). The maximum atomic E-state index is 13.4. The van der Waals surface area contributed by atoms with Gasteiger partial charge in [-0.2, -0.15) is 0 Å². The predicted molar refractivity (Wildman–Crippen MR) is 110 cm³/mol. The van der Waals surface area contributed by atoms with E-state index in [1.807, 2.05) is 4.90 Å². The Hall–Kier alpha value is -3.35. The van der Waals surface area contributed by atoms with Crippen LogP contribution in [0.3, 0.4) is 0 Å². The van der Waals surface area contributed by atoms with Gasteiger partial charge in [-0.15, -0.1) is 0 Å². The van der Waals surface area contributed by atoms with Crippen LogP contribution >= 0.6 is 0 Å². The van der Waals surface area contributed by atoms with Gasteiger partial charge in [-0.3, -0.25) is 4.79 Å². The van der Waals surface area contributed by atoms with E-state index in [2.05, 4.69) is 9.97 Å². The molecule has 2 heterocycles. The highest BCUT2D eigenvalue weighted by molar-refractivity contribution is 5.78. The average Bonchev–Trinajstić information content (AvgIpc) is 3.24. The molecule has 2 aromatic carbocycles. The van der Waals surface area contributed by atoms with Gasteiger partial charge in [0.05, 0.1) is 11.7 Å². The zero-order valence-corrected chi connectivity index (χ0v) is 16.4. The van der Waals surface area contributed by atoms with Gasteiger partial charge in [0, 0.05) is 24.7 Å². The van der Waals surface area contributed by atoms with Crippen molar-refractivity contribution in [1.29, 1.82) is 0 Å². The Morgan fingerprint density at radius 1 is 1.07 bits per heavy atom. The number of hydrogen-bond acceptors (Lipinski definition) is 4. The van der Waals surface area contributed by atoms with Crippen LogP contribution < -0.4 is 5.73 Å².